The van der Waals surface area contributed by atoms with E-state index in [1.165, 1.54) is 0 Å². The van der Waals surface area contributed by atoms with E-state index in [-0.39, 0.29) is 11.5 Å². The first-order chi connectivity index (χ1) is 15.8. The highest BCUT2D eigenvalue weighted by Crippen LogP contribution is 2.25. The second kappa shape index (κ2) is 11.0. The van der Waals surface area contributed by atoms with Crippen LogP contribution < -0.4 is 16.6 Å². The van der Waals surface area contributed by atoms with Gasteiger partial charge in [-0.25, -0.2) is 5.84 Å². The van der Waals surface area contributed by atoms with Gasteiger partial charge >= 0.3 is 0 Å². The number of benzene rings is 3. The first-order valence-electron chi connectivity index (χ1n) is 10.8. The summed E-state index contributed by atoms with van der Waals surface area (Å²) in [5, 5.41) is 24.1. The summed E-state index contributed by atoms with van der Waals surface area (Å²) in [5.41, 5.74) is 4.04. The third-order valence-electron chi connectivity index (χ3n) is 5.15. The van der Waals surface area contributed by atoms with E-state index >= 15 is 0 Å². The van der Waals surface area contributed by atoms with Crippen LogP contribution in [0.2, 0.25) is 0 Å². The molecule has 3 aromatic rings. The summed E-state index contributed by atoms with van der Waals surface area (Å²) in [7, 11) is 0. The molecule has 174 valence electrons. The van der Waals surface area contributed by atoms with Gasteiger partial charge in [-0.1, -0.05) is 36.4 Å². The van der Waals surface area contributed by atoms with Crippen molar-refractivity contribution in [3.05, 3.63) is 77.4 Å². The maximum atomic E-state index is 13.0. The van der Waals surface area contributed by atoms with Crippen LogP contribution in [0.15, 0.2) is 60.7 Å². The number of hydrogen-bond donors (Lipinski definition) is 5. The smallest absolute Gasteiger partial charge is 0.267 e. The van der Waals surface area contributed by atoms with Gasteiger partial charge < -0.3 is 15.5 Å². The van der Waals surface area contributed by atoms with E-state index in [0.717, 1.165) is 16.3 Å². The molecule has 0 saturated carbocycles. The molecule has 2 amide bonds. The van der Waals surface area contributed by atoms with Crippen molar-refractivity contribution in [2.45, 2.75) is 32.6 Å². The van der Waals surface area contributed by atoms with Gasteiger partial charge in [0, 0.05) is 25.2 Å². The Kier molecular flexibility index (Phi) is 8.13. The molecule has 2 atom stereocenters. The molecule has 33 heavy (non-hydrogen) atoms. The number of aliphatic hydroxyl groups is 2. The van der Waals surface area contributed by atoms with Crippen LogP contribution in [0, 0.1) is 0 Å². The molecule has 0 heterocycles. The fourth-order valence-electron chi connectivity index (χ4n) is 3.82. The molecule has 0 aromatic heterocycles. The van der Waals surface area contributed by atoms with Crippen LogP contribution in [0.1, 0.15) is 40.1 Å². The Labute approximate surface area is 193 Å². The highest BCUT2D eigenvalue weighted by molar-refractivity contribution is 6.11. The van der Waals surface area contributed by atoms with Crippen molar-refractivity contribution in [1.82, 2.24) is 10.3 Å². The third kappa shape index (κ3) is 6.59. The molecule has 6 N–H and O–H groups in total. The molecule has 0 bridgehead atoms. The Hall–Kier alpha value is -3.30. The SMILES string of the molecule is CC(O)CN(Cc1cccc(C(=O)Nc2cc3ccccc3cc2C(=O)NN)c1)CC(C)O. The van der Waals surface area contributed by atoms with E-state index in [0.29, 0.717) is 30.9 Å². The quantitative estimate of drug-likeness (QED) is 0.193. The first kappa shape index (κ1) is 24.3. The Morgan fingerprint density at radius 1 is 0.909 bits per heavy atom. The summed E-state index contributed by atoms with van der Waals surface area (Å²) in [6.07, 6.45) is -1.09. The molecule has 2 unspecified atom stereocenters. The van der Waals surface area contributed by atoms with Crippen LogP contribution in [0.3, 0.4) is 0 Å². The van der Waals surface area contributed by atoms with E-state index in [2.05, 4.69) is 10.7 Å². The zero-order chi connectivity index (χ0) is 24.0. The molecular weight excluding hydrogens is 420 g/mol. The topological polar surface area (TPSA) is 128 Å². The molecule has 0 spiro atoms. The number of amides is 2. The molecule has 8 nitrogen and oxygen atoms in total. The van der Waals surface area contributed by atoms with E-state index in [9.17, 15) is 19.8 Å². The zero-order valence-electron chi connectivity index (χ0n) is 18.8. The standard InChI is InChI=1S/C25H30N4O4/c1-16(30)13-29(14-17(2)31)15-18-6-5-9-21(10-18)24(32)27-23-12-20-8-4-3-7-19(20)11-22(23)25(33)28-26/h3-12,16-17,30-31H,13-15,26H2,1-2H3,(H,27,32)(H,28,33). The van der Waals surface area contributed by atoms with E-state index in [4.69, 9.17) is 5.84 Å². The fourth-order valence-corrected chi connectivity index (χ4v) is 3.82. The number of nitrogens with two attached hydrogens (primary N) is 1. The summed E-state index contributed by atoms with van der Waals surface area (Å²) in [5.74, 6) is 4.47. The Balaban J connectivity index is 1.85. The Morgan fingerprint density at radius 2 is 1.55 bits per heavy atom. The average Bonchev–Trinajstić information content (AvgIpc) is 2.77. The van der Waals surface area contributed by atoms with Crippen LogP contribution in [-0.2, 0) is 6.54 Å². The van der Waals surface area contributed by atoms with Gasteiger partial charge in [0.25, 0.3) is 11.8 Å². The number of nitrogen functional groups attached to an aromatic ring is 1. The first-order valence-corrected chi connectivity index (χ1v) is 10.8. The average molecular weight is 451 g/mol. The van der Waals surface area contributed by atoms with Crippen molar-refractivity contribution in [2.24, 2.45) is 5.84 Å². The van der Waals surface area contributed by atoms with Crippen molar-refractivity contribution >= 4 is 28.3 Å². The molecule has 0 fully saturated rings. The lowest BCUT2D eigenvalue weighted by atomic mass is 10.0. The molecule has 0 aliphatic rings. The predicted molar refractivity (Wildman–Crippen MR) is 129 cm³/mol. The van der Waals surface area contributed by atoms with Gasteiger partial charge in [0.1, 0.15) is 0 Å². The number of carbonyl (C=O) groups excluding carboxylic acids is 2. The fraction of sp³-hybridized carbons (Fsp3) is 0.280. The maximum Gasteiger partial charge on any atom is 0.267 e. The lowest BCUT2D eigenvalue weighted by Crippen LogP contribution is -2.35. The molecule has 0 saturated heterocycles. The van der Waals surface area contributed by atoms with Gasteiger partial charge in [-0.15, -0.1) is 0 Å². The molecule has 8 heteroatoms. The minimum atomic E-state index is -0.546. The monoisotopic (exact) mass is 450 g/mol. The number of fused-ring (bicyclic) bond motifs is 1. The number of aliphatic hydroxyl groups excluding tert-OH is 2. The van der Waals surface area contributed by atoms with E-state index in [1.54, 1.807) is 44.2 Å². The second-order valence-corrected chi connectivity index (χ2v) is 8.27. The molecular formula is C25H30N4O4. The summed E-state index contributed by atoms with van der Waals surface area (Å²) in [6.45, 7) is 4.65. The van der Waals surface area contributed by atoms with Gasteiger partial charge in [-0.2, -0.15) is 0 Å². The number of anilines is 1. The summed E-state index contributed by atoms with van der Waals surface area (Å²) in [4.78, 5) is 27.3. The van der Waals surface area contributed by atoms with Crippen LogP contribution in [-0.4, -0.2) is 52.2 Å². The van der Waals surface area contributed by atoms with Gasteiger partial charge in [0.2, 0.25) is 0 Å². The second-order valence-electron chi connectivity index (χ2n) is 8.27. The van der Waals surface area contributed by atoms with Crippen molar-refractivity contribution < 1.29 is 19.8 Å². The van der Waals surface area contributed by atoms with Crippen molar-refractivity contribution in [1.29, 1.82) is 0 Å². The summed E-state index contributed by atoms with van der Waals surface area (Å²) < 4.78 is 0. The number of hydrazine groups is 1. The Morgan fingerprint density at radius 3 is 2.15 bits per heavy atom. The van der Waals surface area contributed by atoms with Gasteiger partial charge in [0.05, 0.1) is 23.5 Å². The number of carbonyl (C=O) groups is 2. The van der Waals surface area contributed by atoms with Gasteiger partial charge in [0.15, 0.2) is 0 Å². The number of hydrogen-bond acceptors (Lipinski definition) is 6. The zero-order valence-corrected chi connectivity index (χ0v) is 18.8. The van der Waals surface area contributed by atoms with Crippen LogP contribution in [0.4, 0.5) is 5.69 Å². The van der Waals surface area contributed by atoms with E-state index < -0.39 is 18.1 Å². The van der Waals surface area contributed by atoms with Gasteiger partial charge in [-0.05, 0) is 54.4 Å². The minimum Gasteiger partial charge on any atom is -0.392 e. The molecule has 0 aliphatic heterocycles. The van der Waals surface area contributed by atoms with Crippen molar-refractivity contribution in [3.63, 3.8) is 0 Å². The van der Waals surface area contributed by atoms with Gasteiger partial charge in [-0.3, -0.25) is 19.9 Å². The van der Waals surface area contributed by atoms with Crippen LogP contribution in [0.5, 0.6) is 0 Å². The third-order valence-corrected chi connectivity index (χ3v) is 5.15. The number of rotatable bonds is 9. The van der Waals surface area contributed by atoms with Crippen LogP contribution in [0.25, 0.3) is 10.8 Å². The number of nitrogens with one attached hydrogen (secondary N) is 2. The Bertz CT molecular complexity index is 1120. The molecule has 0 aliphatic carbocycles. The van der Waals surface area contributed by atoms with Crippen molar-refractivity contribution in [3.8, 4) is 0 Å². The molecule has 3 aromatic carbocycles. The lowest BCUT2D eigenvalue weighted by Gasteiger charge is -2.25. The summed E-state index contributed by atoms with van der Waals surface area (Å²) >= 11 is 0. The normalized spacial score (nSPS) is 13.0. The maximum absolute atomic E-state index is 13.0. The molecule has 3 rings (SSSR count). The predicted octanol–water partition coefficient (Wildman–Crippen LogP) is 2.26. The molecule has 0 radical (unpaired) electrons. The highest BCUT2D eigenvalue weighted by atomic mass is 16.3. The number of nitrogens with zero attached hydrogens (tertiary/aromatic N) is 1. The van der Waals surface area contributed by atoms with Crippen molar-refractivity contribution in [2.75, 3.05) is 18.4 Å². The largest absolute Gasteiger partial charge is 0.392 e. The highest BCUT2D eigenvalue weighted by Gasteiger charge is 2.17. The lowest BCUT2D eigenvalue weighted by molar-refractivity contribution is 0.0793. The van der Waals surface area contributed by atoms with E-state index in [1.807, 2.05) is 35.2 Å². The summed E-state index contributed by atoms with van der Waals surface area (Å²) in [6, 6.07) is 18.1. The minimum absolute atomic E-state index is 0.265. The van der Waals surface area contributed by atoms with Crippen LogP contribution >= 0.6 is 0 Å².